The second-order valence-electron chi connectivity index (χ2n) is 7.50. The zero-order valence-corrected chi connectivity index (χ0v) is 16.9. The summed E-state index contributed by atoms with van der Waals surface area (Å²) < 4.78 is 43.2. The Balaban J connectivity index is 0.000000383. The summed E-state index contributed by atoms with van der Waals surface area (Å²) in [5, 5.41) is 7.87. The zero-order valence-electron chi connectivity index (χ0n) is 16.9. The molecule has 1 saturated carbocycles. The number of hydrogen-bond donors (Lipinski definition) is 1. The largest absolute Gasteiger partial charge is 0.436 e. The van der Waals surface area contributed by atoms with E-state index in [0.29, 0.717) is 22.9 Å². The summed E-state index contributed by atoms with van der Waals surface area (Å²) >= 11 is 0. The van der Waals surface area contributed by atoms with Crippen molar-refractivity contribution in [2.75, 3.05) is 0 Å². The highest BCUT2D eigenvalue weighted by Crippen LogP contribution is 2.40. The van der Waals surface area contributed by atoms with Gasteiger partial charge in [0.1, 0.15) is 17.8 Å². The first-order valence-electron chi connectivity index (χ1n) is 9.80. The van der Waals surface area contributed by atoms with Gasteiger partial charge in [-0.15, -0.1) is 0 Å². The molecule has 1 aliphatic rings. The Morgan fingerprint density at radius 3 is 2.50 bits per heavy atom. The number of fused-ring (bicyclic) bond motifs is 1. The van der Waals surface area contributed by atoms with Gasteiger partial charge in [0, 0.05) is 37.2 Å². The number of rotatable bonds is 3. The van der Waals surface area contributed by atoms with Crippen LogP contribution in [0.2, 0.25) is 0 Å². The SMILES string of the molecule is Cn1cnc(-c2cc3c(-c4cn[nH]c4-c4ccc(F)cc4)ncnc3o2)c1.FC1(F)CC1. The van der Waals surface area contributed by atoms with E-state index in [-0.39, 0.29) is 18.7 Å². The zero-order chi connectivity index (χ0) is 22.3. The second kappa shape index (κ2) is 7.63. The second-order valence-corrected chi connectivity index (χ2v) is 7.50. The van der Waals surface area contributed by atoms with E-state index < -0.39 is 5.92 Å². The highest BCUT2D eigenvalue weighted by molar-refractivity contribution is 5.95. The molecular weight excluding hydrogens is 421 g/mol. The molecule has 5 aromatic rings. The maximum Gasteiger partial charge on any atom is 0.248 e. The van der Waals surface area contributed by atoms with Crippen molar-refractivity contribution in [1.29, 1.82) is 0 Å². The first-order valence-corrected chi connectivity index (χ1v) is 9.80. The number of alkyl halides is 2. The number of hydrogen-bond acceptors (Lipinski definition) is 5. The van der Waals surface area contributed by atoms with Crippen molar-refractivity contribution in [3.63, 3.8) is 0 Å². The molecular formula is C22H17F3N6O. The predicted molar refractivity (Wildman–Crippen MR) is 111 cm³/mol. The highest BCUT2D eigenvalue weighted by Gasteiger charge is 2.43. The Morgan fingerprint density at radius 2 is 1.84 bits per heavy atom. The monoisotopic (exact) mass is 438 g/mol. The average Bonchev–Trinajstić information content (AvgIpc) is 3.23. The molecule has 0 spiro atoms. The molecule has 1 aromatic carbocycles. The van der Waals surface area contributed by atoms with Crippen LogP contribution in [0, 0.1) is 5.82 Å². The van der Waals surface area contributed by atoms with Gasteiger partial charge in [0.2, 0.25) is 11.6 Å². The molecule has 32 heavy (non-hydrogen) atoms. The Morgan fingerprint density at radius 1 is 1.09 bits per heavy atom. The third-order valence-corrected chi connectivity index (χ3v) is 4.94. The number of H-pyrrole nitrogens is 1. The molecule has 1 N–H and O–H groups in total. The van der Waals surface area contributed by atoms with Crippen LogP contribution in [0.15, 0.2) is 59.8 Å². The fourth-order valence-electron chi connectivity index (χ4n) is 3.13. The summed E-state index contributed by atoms with van der Waals surface area (Å²) in [4.78, 5) is 13.0. The number of aromatic nitrogens is 6. The first kappa shape index (κ1) is 20.0. The van der Waals surface area contributed by atoms with Gasteiger partial charge in [-0.25, -0.2) is 28.1 Å². The van der Waals surface area contributed by atoms with E-state index in [0.717, 1.165) is 22.2 Å². The minimum absolute atomic E-state index is 0.118. The van der Waals surface area contributed by atoms with Gasteiger partial charge in [0.25, 0.3) is 0 Å². The van der Waals surface area contributed by atoms with Gasteiger partial charge in [-0.1, -0.05) is 0 Å². The van der Waals surface area contributed by atoms with Crippen LogP contribution in [0.4, 0.5) is 13.2 Å². The van der Waals surface area contributed by atoms with Gasteiger partial charge in [0.05, 0.1) is 29.3 Å². The number of aromatic amines is 1. The number of furan rings is 1. The maximum absolute atomic E-state index is 13.3. The van der Waals surface area contributed by atoms with Crippen LogP contribution in [0.1, 0.15) is 12.8 Å². The van der Waals surface area contributed by atoms with E-state index in [2.05, 4.69) is 25.1 Å². The van der Waals surface area contributed by atoms with Crippen molar-refractivity contribution in [2.45, 2.75) is 18.8 Å². The number of benzene rings is 1. The normalized spacial score (nSPS) is 14.2. The van der Waals surface area contributed by atoms with Crippen LogP contribution < -0.4 is 0 Å². The topological polar surface area (TPSA) is 85.4 Å². The molecule has 7 nitrogen and oxygen atoms in total. The smallest absolute Gasteiger partial charge is 0.248 e. The number of nitrogens with one attached hydrogen (secondary N) is 1. The highest BCUT2D eigenvalue weighted by atomic mass is 19.3. The molecule has 0 radical (unpaired) electrons. The molecule has 0 unspecified atom stereocenters. The molecule has 1 aliphatic carbocycles. The van der Waals surface area contributed by atoms with E-state index in [4.69, 9.17) is 4.42 Å². The Hall–Kier alpha value is -3.95. The average molecular weight is 438 g/mol. The van der Waals surface area contributed by atoms with Crippen LogP contribution >= 0.6 is 0 Å². The van der Waals surface area contributed by atoms with Crippen LogP contribution in [0.25, 0.3) is 45.1 Å². The standard InChI is InChI=1S/C19H13FN6O.C3H4F2/c1-26-8-15(23-10-26)16-6-13-18(21-9-22-19(13)27-16)14-7-24-25-17(14)11-2-4-12(20)5-3-11;4-3(5)1-2-3/h2-10H,1H3,(H,24,25);1-2H2. The molecule has 0 amide bonds. The van der Waals surface area contributed by atoms with E-state index in [1.165, 1.54) is 18.5 Å². The maximum atomic E-state index is 13.3. The summed E-state index contributed by atoms with van der Waals surface area (Å²) in [7, 11) is 1.89. The molecule has 0 saturated heterocycles. The lowest BCUT2D eigenvalue weighted by atomic mass is 10.0. The molecule has 0 atom stereocenters. The molecule has 10 heteroatoms. The Labute approximate surface area is 180 Å². The van der Waals surface area contributed by atoms with Crippen LogP contribution in [-0.2, 0) is 7.05 Å². The summed E-state index contributed by atoms with van der Waals surface area (Å²) in [6.45, 7) is 0. The number of aryl methyl sites for hydroxylation is 1. The molecule has 4 aromatic heterocycles. The first-order chi connectivity index (χ1) is 15.4. The summed E-state index contributed by atoms with van der Waals surface area (Å²) in [5.41, 5.74) is 4.19. The van der Waals surface area contributed by atoms with Crippen molar-refractivity contribution < 1.29 is 17.6 Å². The van der Waals surface area contributed by atoms with Crippen molar-refractivity contribution in [1.82, 2.24) is 29.7 Å². The van der Waals surface area contributed by atoms with Crippen LogP contribution in [0.3, 0.4) is 0 Å². The molecule has 6 rings (SSSR count). The van der Waals surface area contributed by atoms with Crippen molar-refractivity contribution in [3.05, 3.63) is 61.2 Å². The van der Waals surface area contributed by atoms with Gasteiger partial charge in [-0.2, -0.15) is 5.10 Å². The minimum Gasteiger partial charge on any atom is -0.436 e. The lowest BCUT2D eigenvalue weighted by Crippen LogP contribution is -1.88. The van der Waals surface area contributed by atoms with Gasteiger partial charge in [-0.05, 0) is 30.3 Å². The molecule has 0 aliphatic heterocycles. The molecule has 1 fully saturated rings. The van der Waals surface area contributed by atoms with Gasteiger partial charge >= 0.3 is 0 Å². The van der Waals surface area contributed by atoms with E-state index in [9.17, 15) is 13.2 Å². The van der Waals surface area contributed by atoms with Crippen molar-refractivity contribution in [3.8, 4) is 34.0 Å². The number of halogens is 3. The molecule has 4 heterocycles. The van der Waals surface area contributed by atoms with Crippen LogP contribution in [0.5, 0.6) is 0 Å². The third-order valence-electron chi connectivity index (χ3n) is 4.94. The van der Waals surface area contributed by atoms with E-state index in [1.807, 2.05) is 23.9 Å². The predicted octanol–water partition coefficient (Wildman–Crippen LogP) is 5.24. The van der Waals surface area contributed by atoms with Gasteiger partial charge in [-0.3, -0.25) is 5.10 Å². The fraction of sp³-hybridized carbons (Fsp3) is 0.182. The van der Waals surface area contributed by atoms with Crippen molar-refractivity contribution in [2.24, 2.45) is 7.05 Å². The number of imidazole rings is 1. The molecule has 162 valence electrons. The van der Waals surface area contributed by atoms with Crippen LogP contribution in [-0.4, -0.2) is 35.6 Å². The van der Waals surface area contributed by atoms with E-state index in [1.54, 1.807) is 24.7 Å². The third kappa shape index (κ3) is 3.98. The van der Waals surface area contributed by atoms with Crippen molar-refractivity contribution >= 4 is 11.1 Å². The van der Waals surface area contributed by atoms with E-state index >= 15 is 0 Å². The number of nitrogens with zero attached hydrogens (tertiary/aromatic N) is 5. The summed E-state index contributed by atoms with van der Waals surface area (Å²) in [6, 6.07) is 8.08. The quantitative estimate of drug-likeness (QED) is 0.417. The summed E-state index contributed by atoms with van der Waals surface area (Å²) in [5.74, 6) is -1.93. The Kier molecular flexibility index (Phi) is 4.76. The fourth-order valence-corrected chi connectivity index (χ4v) is 3.13. The minimum atomic E-state index is -2.25. The van der Waals surface area contributed by atoms with Gasteiger partial charge < -0.3 is 8.98 Å². The lowest BCUT2D eigenvalue weighted by Gasteiger charge is -2.03. The Bertz CT molecular complexity index is 1380. The van der Waals surface area contributed by atoms with Gasteiger partial charge in [0.15, 0.2) is 5.76 Å². The lowest BCUT2D eigenvalue weighted by molar-refractivity contribution is 0.120. The summed E-state index contributed by atoms with van der Waals surface area (Å²) in [6.07, 6.45) is 6.95. The molecule has 0 bridgehead atoms.